The first-order chi connectivity index (χ1) is 20.8. The van der Waals surface area contributed by atoms with Crippen LogP contribution in [-0.4, -0.2) is 68.5 Å². The molecule has 43 heavy (non-hydrogen) atoms. The number of anilines is 4. The predicted molar refractivity (Wildman–Crippen MR) is 170 cm³/mol. The molecule has 0 radical (unpaired) electrons. The number of nitrogens with zero attached hydrogens (tertiary/aromatic N) is 3. The molecule has 3 heterocycles. The number of aromatic nitrogens is 1. The number of rotatable bonds is 10. The van der Waals surface area contributed by atoms with Gasteiger partial charge in [0, 0.05) is 55.6 Å². The van der Waals surface area contributed by atoms with Crippen LogP contribution in [0.25, 0.3) is 11.0 Å². The number of carbonyl (C=O) groups excluding carboxylic acids is 2. The van der Waals surface area contributed by atoms with Gasteiger partial charge in [-0.2, -0.15) is 0 Å². The summed E-state index contributed by atoms with van der Waals surface area (Å²) in [5, 5.41) is 6.82. The van der Waals surface area contributed by atoms with Crippen molar-refractivity contribution in [1.29, 1.82) is 0 Å². The van der Waals surface area contributed by atoms with Crippen molar-refractivity contribution in [3.63, 3.8) is 0 Å². The van der Waals surface area contributed by atoms with Gasteiger partial charge < -0.3 is 34.3 Å². The molecule has 0 unspecified atom stereocenters. The van der Waals surface area contributed by atoms with E-state index in [0.717, 1.165) is 38.4 Å². The summed E-state index contributed by atoms with van der Waals surface area (Å²) in [6, 6.07) is 10.6. The number of carbonyl (C=O) groups is 2. The molecule has 1 saturated heterocycles. The van der Waals surface area contributed by atoms with Gasteiger partial charge in [-0.25, -0.2) is 4.98 Å². The van der Waals surface area contributed by atoms with E-state index in [1.165, 1.54) is 26.4 Å². The number of hydrogen-bond donors (Lipinski definition) is 2. The highest BCUT2D eigenvalue weighted by Crippen LogP contribution is 2.42. The van der Waals surface area contributed by atoms with Gasteiger partial charge >= 0.3 is 0 Å². The van der Waals surface area contributed by atoms with Gasteiger partial charge in [-0.1, -0.05) is 36.7 Å². The molecule has 0 atom stereocenters. The molecule has 4 aromatic rings. The summed E-state index contributed by atoms with van der Waals surface area (Å²) in [6.07, 6.45) is 2.80. The topological polar surface area (TPSA) is 109 Å². The Balaban J connectivity index is 1.43. The van der Waals surface area contributed by atoms with Gasteiger partial charge in [0.05, 0.1) is 41.2 Å². The van der Waals surface area contributed by atoms with Crippen LogP contribution < -0.4 is 25.0 Å². The molecule has 0 aliphatic carbocycles. The van der Waals surface area contributed by atoms with Crippen LogP contribution in [0.2, 0.25) is 10.0 Å². The van der Waals surface area contributed by atoms with E-state index >= 15 is 0 Å². The van der Waals surface area contributed by atoms with Crippen molar-refractivity contribution in [3.05, 3.63) is 76.6 Å². The van der Waals surface area contributed by atoms with Gasteiger partial charge in [-0.15, -0.1) is 0 Å². The zero-order valence-corrected chi connectivity index (χ0v) is 25.5. The number of halogens is 2. The number of methoxy groups -OCH3 is 2. The van der Waals surface area contributed by atoms with Gasteiger partial charge in [-0.05, 0) is 36.9 Å². The number of nitrogens with one attached hydrogen (secondary N) is 2. The molecule has 0 saturated carbocycles. The highest BCUT2D eigenvalue weighted by atomic mass is 35.5. The number of piperazine rings is 1. The van der Waals surface area contributed by atoms with E-state index in [1.807, 2.05) is 18.2 Å². The predicted octanol–water partition coefficient (Wildman–Crippen LogP) is 6.39. The number of ketones is 1. The number of likely N-dealkylation sites (N-methyl/N-ethyl adjacent to an activating group) is 1. The Kier molecular flexibility index (Phi) is 9.10. The number of ether oxygens (including phenoxy) is 2. The fraction of sp³-hybridized carbons (Fsp3) is 0.258. The highest BCUT2D eigenvalue weighted by molar-refractivity contribution is 6.42. The maximum atomic E-state index is 13.5. The highest BCUT2D eigenvalue weighted by Gasteiger charge is 2.26. The Morgan fingerprint density at radius 1 is 1.02 bits per heavy atom. The van der Waals surface area contributed by atoms with Crippen molar-refractivity contribution in [2.24, 2.45) is 0 Å². The minimum atomic E-state index is -0.539. The summed E-state index contributed by atoms with van der Waals surface area (Å²) < 4.78 is 16.5. The normalized spacial score (nSPS) is 13.6. The fourth-order valence-corrected chi connectivity index (χ4v) is 5.58. The zero-order chi connectivity index (χ0) is 30.7. The Hall–Kier alpha value is -4.25. The smallest absolute Gasteiger partial charge is 0.247 e. The molecule has 2 N–H and O–H groups in total. The van der Waals surface area contributed by atoms with E-state index < -0.39 is 5.78 Å². The lowest BCUT2D eigenvalue weighted by atomic mass is 10.1. The first kappa shape index (κ1) is 30.2. The third-order valence-electron chi connectivity index (χ3n) is 7.32. The van der Waals surface area contributed by atoms with Crippen molar-refractivity contribution in [2.75, 3.05) is 62.5 Å². The Labute approximate surface area is 259 Å². The minimum Gasteiger partial charge on any atom is -0.495 e. The van der Waals surface area contributed by atoms with Crippen LogP contribution in [0.5, 0.6) is 11.5 Å². The maximum absolute atomic E-state index is 13.5. The Morgan fingerprint density at radius 3 is 2.35 bits per heavy atom. The summed E-state index contributed by atoms with van der Waals surface area (Å²) in [6.45, 7) is 10.5. The molecular formula is C31H31Cl2N5O5. The Morgan fingerprint density at radius 2 is 1.72 bits per heavy atom. The lowest BCUT2D eigenvalue weighted by molar-refractivity contribution is -0.111. The van der Waals surface area contributed by atoms with Gasteiger partial charge in [0.25, 0.3) is 0 Å². The summed E-state index contributed by atoms with van der Waals surface area (Å²) in [4.78, 5) is 34.9. The number of hydrogen-bond acceptors (Lipinski definition) is 9. The third-order valence-corrected chi connectivity index (χ3v) is 8.07. The number of benzene rings is 2. The average Bonchev–Trinajstić information content (AvgIpc) is 3.45. The van der Waals surface area contributed by atoms with Gasteiger partial charge in [0.15, 0.2) is 5.76 Å². The van der Waals surface area contributed by atoms with Crippen molar-refractivity contribution in [3.8, 4) is 11.5 Å². The van der Waals surface area contributed by atoms with E-state index in [9.17, 15) is 9.59 Å². The molecular weight excluding hydrogens is 593 g/mol. The molecule has 1 fully saturated rings. The molecule has 1 aliphatic heterocycles. The summed E-state index contributed by atoms with van der Waals surface area (Å²) in [7, 11) is 2.86. The molecule has 0 spiro atoms. The second-order valence-corrected chi connectivity index (χ2v) is 10.6. The van der Waals surface area contributed by atoms with E-state index in [0.29, 0.717) is 28.2 Å². The standard InChI is InChI=1S/C31H31Cl2N5O5/c1-5-27(39)36-21-14-19(38-11-9-37(6-2)10-12-38)7-8-20(21)35-26-16-22-18(17-34-26)13-25(43-22)31(40)28-29(32)23(41-3)15-24(42-4)30(28)33/h5,7-8,13-17H,1,6,9-12H2,2-4H3,(H,34,35)(H,36,39). The number of pyridine rings is 1. The summed E-state index contributed by atoms with van der Waals surface area (Å²) in [5.41, 5.74) is 2.62. The zero-order valence-electron chi connectivity index (χ0n) is 24.0. The summed E-state index contributed by atoms with van der Waals surface area (Å²) in [5.74, 6) is 0.0638. The first-order valence-electron chi connectivity index (χ1n) is 13.6. The average molecular weight is 625 g/mol. The van der Waals surface area contributed by atoms with Crippen LogP contribution >= 0.6 is 23.2 Å². The van der Waals surface area contributed by atoms with Crippen molar-refractivity contribution < 1.29 is 23.5 Å². The summed E-state index contributed by atoms with van der Waals surface area (Å²) >= 11 is 12.9. The number of amides is 1. The molecule has 2 aromatic carbocycles. The SMILES string of the molecule is C=CC(=O)Nc1cc(N2CCN(CC)CC2)ccc1Nc1cc2oc(C(=O)c3c(Cl)c(OC)cc(OC)c3Cl)cc2cn1. The molecule has 12 heteroatoms. The minimum absolute atomic E-state index is 0.00342. The van der Waals surface area contributed by atoms with E-state index in [2.05, 4.69) is 38.9 Å². The first-order valence-corrected chi connectivity index (χ1v) is 14.4. The molecule has 1 amide bonds. The second-order valence-electron chi connectivity index (χ2n) is 9.80. The third kappa shape index (κ3) is 6.27. The van der Waals surface area contributed by atoms with Crippen LogP contribution in [0, 0.1) is 0 Å². The van der Waals surface area contributed by atoms with Crippen LogP contribution in [0.15, 0.2) is 59.7 Å². The van der Waals surface area contributed by atoms with E-state index in [1.54, 1.807) is 18.3 Å². The van der Waals surface area contributed by atoms with Gasteiger partial charge in [0.1, 0.15) is 22.9 Å². The quantitative estimate of drug-likeness (QED) is 0.153. The monoisotopic (exact) mass is 623 g/mol. The fourth-order valence-electron chi connectivity index (χ4n) is 4.91. The lowest BCUT2D eigenvalue weighted by Gasteiger charge is -2.35. The van der Waals surface area contributed by atoms with E-state index in [-0.39, 0.29) is 38.8 Å². The molecule has 2 aromatic heterocycles. The maximum Gasteiger partial charge on any atom is 0.247 e. The van der Waals surface area contributed by atoms with Crippen molar-refractivity contribution in [1.82, 2.24) is 9.88 Å². The van der Waals surface area contributed by atoms with Crippen LogP contribution in [-0.2, 0) is 4.79 Å². The molecule has 5 rings (SSSR count). The van der Waals surface area contributed by atoms with Crippen molar-refractivity contribution in [2.45, 2.75) is 6.92 Å². The number of furan rings is 1. The second kappa shape index (κ2) is 12.9. The van der Waals surface area contributed by atoms with Gasteiger partial charge in [-0.3, -0.25) is 9.59 Å². The van der Waals surface area contributed by atoms with Gasteiger partial charge in [0.2, 0.25) is 11.7 Å². The number of fused-ring (bicyclic) bond motifs is 1. The van der Waals surface area contributed by atoms with Crippen LogP contribution in [0.3, 0.4) is 0 Å². The molecule has 224 valence electrons. The molecule has 10 nitrogen and oxygen atoms in total. The van der Waals surface area contributed by atoms with Crippen LogP contribution in [0.1, 0.15) is 23.0 Å². The molecule has 1 aliphatic rings. The lowest BCUT2D eigenvalue weighted by Crippen LogP contribution is -2.46. The van der Waals surface area contributed by atoms with Crippen LogP contribution in [0.4, 0.5) is 22.9 Å². The molecule has 0 bridgehead atoms. The van der Waals surface area contributed by atoms with Crippen molar-refractivity contribution >= 4 is 68.7 Å². The van der Waals surface area contributed by atoms with E-state index in [4.69, 9.17) is 37.1 Å². The Bertz CT molecular complexity index is 1670. The largest absolute Gasteiger partial charge is 0.495 e.